The zero-order chi connectivity index (χ0) is 26.6. The average molecular weight is 538 g/mol. The lowest BCUT2D eigenvalue weighted by Gasteiger charge is -2.43. The van der Waals surface area contributed by atoms with E-state index in [2.05, 4.69) is 9.47 Å². The molecular formula is C12H11F17O2Si. The minimum Gasteiger partial charge on any atom is -0.358 e. The van der Waals surface area contributed by atoms with Gasteiger partial charge in [-0.15, -0.1) is 0 Å². The normalized spacial score (nSPS) is 16.6. The van der Waals surface area contributed by atoms with E-state index in [0.29, 0.717) is 14.2 Å². The van der Waals surface area contributed by atoms with Gasteiger partial charge in [-0.2, -0.15) is 74.6 Å². The van der Waals surface area contributed by atoms with Crippen LogP contribution in [-0.4, -0.2) is 77.5 Å². The Balaban J connectivity index is 6.72. The highest BCUT2D eigenvalue weighted by Gasteiger charge is 2.95. The van der Waals surface area contributed by atoms with Crippen molar-refractivity contribution >= 4 is 10.2 Å². The summed E-state index contributed by atoms with van der Waals surface area (Å²) < 4.78 is 231. The third-order valence-corrected chi connectivity index (χ3v) is 5.36. The van der Waals surface area contributed by atoms with Crippen molar-refractivity contribution in [3.05, 3.63) is 0 Å². The zero-order valence-corrected chi connectivity index (χ0v) is 17.4. The molecule has 0 rings (SSSR count). The molecular weight excluding hydrogens is 527 g/mol. The van der Waals surface area contributed by atoms with E-state index in [1.807, 2.05) is 0 Å². The summed E-state index contributed by atoms with van der Waals surface area (Å²) in [6.07, 6.45) is -10.5. The molecule has 0 fully saturated rings. The van der Waals surface area contributed by atoms with E-state index in [-0.39, 0.29) is 0 Å². The van der Waals surface area contributed by atoms with E-state index in [4.69, 9.17) is 0 Å². The topological polar surface area (TPSA) is 18.5 Å². The van der Waals surface area contributed by atoms with Gasteiger partial charge in [0.2, 0.25) is 0 Å². The number of hydrogen-bond donors (Lipinski definition) is 0. The molecule has 0 spiro atoms. The van der Waals surface area contributed by atoms with Crippen LogP contribution in [-0.2, 0) is 9.47 Å². The average Bonchev–Trinajstić information content (AvgIpc) is 2.59. The molecule has 0 saturated heterocycles. The molecule has 0 aliphatic rings. The fraction of sp³-hybridized carbons (Fsp3) is 1.00. The van der Waals surface area contributed by atoms with Crippen molar-refractivity contribution in [3.8, 4) is 0 Å². The highest BCUT2D eigenvalue weighted by atomic mass is 28.1. The van der Waals surface area contributed by atoms with Crippen molar-refractivity contribution in [2.24, 2.45) is 0 Å². The molecule has 0 radical (unpaired) electrons. The Hall–Kier alpha value is -1.05. The van der Waals surface area contributed by atoms with Crippen LogP contribution in [0, 0.1) is 0 Å². The molecule has 2 nitrogen and oxygen atoms in total. The second-order valence-electron chi connectivity index (χ2n) is 6.37. The highest BCUT2D eigenvalue weighted by Crippen LogP contribution is 2.64. The lowest BCUT2D eigenvalue weighted by Crippen LogP contribution is -2.74. The van der Waals surface area contributed by atoms with Gasteiger partial charge in [0.1, 0.15) is 5.41 Å². The SMILES string of the molecule is COC([SiH3])(CC(F)(F)C(F)(F)C(F)(F)C(F)(F)C(F)(F)C(F)(F)C(F)(F)C(F)(F)F)OC. The van der Waals surface area contributed by atoms with Crippen molar-refractivity contribution in [1.29, 1.82) is 0 Å². The summed E-state index contributed by atoms with van der Waals surface area (Å²) in [7, 11) is 0.0273. The Bertz CT molecular complexity index is 667. The molecule has 0 aromatic carbocycles. The number of hydrogen-bond acceptors (Lipinski definition) is 2. The Kier molecular flexibility index (Phi) is 7.75. The molecule has 0 heterocycles. The number of methoxy groups -OCH3 is 2. The lowest BCUT2D eigenvalue weighted by atomic mass is 9.88. The van der Waals surface area contributed by atoms with Crippen LogP contribution in [0.1, 0.15) is 6.42 Å². The number of alkyl halides is 17. The molecule has 0 amide bonds. The molecule has 0 bridgehead atoms. The first-order chi connectivity index (χ1) is 13.6. The quantitative estimate of drug-likeness (QED) is 0.228. The van der Waals surface area contributed by atoms with Crippen LogP contribution < -0.4 is 0 Å². The molecule has 0 aliphatic heterocycles. The van der Waals surface area contributed by atoms with Crippen LogP contribution in [0.4, 0.5) is 74.6 Å². The summed E-state index contributed by atoms with van der Waals surface area (Å²) in [6.45, 7) is 0. The van der Waals surface area contributed by atoms with Crippen LogP contribution in [0.2, 0.25) is 0 Å². The highest BCUT2D eigenvalue weighted by molar-refractivity contribution is 6.13. The van der Waals surface area contributed by atoms with Gasteiger partial charge in [-0.25, -0.2) is 0 Å². The van der Waals surface area contributed by atoms with Crippen LogP contribution in [0.15, 0.2) is 0 Å². The van der Waals surface area contributed by atoms with Gasteiger partial charge < -0.3 is 9.47 Å². The minimum absolute atomic E-state index is 0.464. The van der Waals surface area contributed by atoms with Gasteiger partial charge in [-0.1, -0.05) is 0 Å². The van der Waals surface area contributed by atoms with Crippen molar-refractivity contribution in [2.75, 3.05) is 14.2 Å². The maximum atomic E-state index is 13.7. The number of halogens is 17. The van der Waals surface area contributed by atoms with E-state index < -0.39 is 69.7 Å². The predicted octanol–water partition coefficient (Wildman–Crippen LogP) is 4.70. The number of rotatable bonds is 10. The van der Waals surface area contributed by atoms with Crippen molar-refractivity contribution in [3.63, 3.8) is 0 Å². The zero-order valence-electron chi connectivity index (χ0n) is 15.4. The summed E-state index contributed by atoms with van der Waals surface area (Å²) >= 11 is 0. The lowest BCUT2D eigenvalue weighted by molar-refractivity contribution is -0.463. The van der Waals surface area contributed by atoms with Gasteiger partial charge in [0, 0.05) is 14.2 Å². The van der Waals surface area contributed by atoms with Gasteiger partial charge >= 0.3 is 47.6 Å². The smallest absolute Gasteiger partial charge is 0.358 e. The Morgan fingerprint density at radius 2 is 0.719 bits per heavy atom. The second-order valence-corrected chi connectivity index (χ2v) is 7.89. The first-order valence-corrected chi connectivity index (χ1v) is 8.39. The first-order valence-electron chi connectivity index (χ1n) is 7.39. The molecule has 32 heavy (non-hydrogen) atoms. The van der Waals surface area contributed by atoms with Crippen LogP contribution in [0.3, 0.4) is 0 Å². The van der Waals surface area contributed by atoms with Crippen LogP contribution in [0.25, 0.3) is 0 Å². The predicted molar refractivity (Wildman–Crippen MR) is 72.0 cm³/mol. The maximum Gasteiger partial charge on any atom is 0.460 e. The molecule has 0 aromatic heterocycles. The third kappa shape index (κ3) is 4.13. The van der Waals surface area contributed by atoms with Crippen molar-refractivity contribution in [1.82, 2.24) is 0 Å². The Morgan fingerprint density at radius 3 is 0.969 bits per heavy atom. The summed E-state index contributed by atoms with van der Waals surface area (Å²) in [5.41, 5.74) is -2.87. The molecule has 194 valence electrons. The number of ether oxygens (including phenoxy) is 2. The monoisotopic (exact) mass is 538 g/mol. The minimum atomic E-state index is -8.64. The van der Waals surface area contributed by atoms with Crippen LogP contribution >= 0.6 is 0 Å². The van der Waals surface area contributed by atoms with E-state index in [9.17, 15) is 74.6 Å². The van der Waals surface area contributed by atoms with Gasteiger partial charge in [0.25, 0.3) is 0 Å². The van der Waals surface area contributed by atoms with Gasteiger partial charge in [0.15, 0.2) is 0 Å². The summed E-state index contributed by atoms with van der Waals surface area (Å²) in [4.78, 5) is 0. The standard InChI is InChI=1S/C12H11F17O2Si/c1-30-5(32,31-2)3-4(13,14)6(15,16)7(17,18)8(19,20)9(21,22)10(23,24)11(25,26)12(27,28)29/h3H2,1-2,32H3. The van der Waals surface area contributed by atoms with E-state index in [0.717, 1.165) is 0 Å². The van der Waals surface area contributed by atoms with Crippen LogP contribution in [0.5, 0.6) is 0 Å². The molecule has 0 saturated carbocycles. The molecule has 0 atom stereocenters. The molecule has 0 N–H and O–H groups in total. The Morgan fingerprint density at radius 1 is 0.469 bits per heavy atom. The maximum absolute atomic E-state index is 13.7. The first kappa shape index (κ1) is 30.9. The molecule has 0 aromatic rings. The second kappa shape index (κ2) is 8.02. The molecule has 0 aliphatic carbocycles. The Labute approximate surface area is 169 Å². The summed E-state index contributed by atoms with van der Waals surface area (Å²) in [6, 6.07) is 0. The van der Waals surface area contributed by atoms with E-state index in [1.165, 1.54) is 0 Å². The van der Waals surface area contributed by atoms with Gasteiger partial charge in [-0.3, -0.25) is 0 Å². The molecule has 20 heteroatoms. The third-order valence-electron chi connectivity index (χ3n) is 4.19. The van der Waals surface area contributed by atoms with E-state index in [1.54, 1.807) is 0 Å². The van der Waals surface area contributed by atoms with Gasteiger partial charge in [-0.05, 0) is 0 Å². The van der Waals surface area contributed by atoms with Crippen molar-refractivity contribution in [2.45, 2.75) is 59.5 Å². The fourth-order valence-electron chi connectivity index (χ4n) is 1.94. The summed E-state index contributed by atoms with van der Waals surface area (Å²) in [5.74, 6) is -56.5. The van der Waals surface area contributed by atoms with Crippen molar-refractivity contribution < 1.29 is 84.1 Å². The molecule has 0 unspecified atom stereocenters. The summed E-state index contributed by atoms with van der Waals surface area (Å²) in [5, 5.41) is 0. The fourth-order valence-corrected chi connectivity index (χ4v) is 2.38. The van der Waals surface area contributed by atoms with E-state index >= 15 is 0 Å². The van der Waals surface area contributed by atoms with Gasteiger partial charge in [0.05, 0.1) is 16.7 Å². The largest absolute Gasteiger partial charge is 0.460 e.